The van der Waals surface area contributed by atoms with Crippen molar-refractivity contribution in [3.8, 4) is 5.88 Å². The Labute approximate surface area is 101 Å². The first-order chi connectivity index (χ1) is 8.02. The summed E-state index contributed by atoms with van der Waals surface area (Å²) in [4.78, 5) is 14.8. The minimum atomic E-state index is -1.07. The largest absolute Gasteiger partial charge is 0.478 e. The van der Waals surface area contributed by atoms with Crippen molar-refractivity contribution in [2.45, 2.75) is 26.7 Å². The molecule has 5 heteroatoms. The molecule has 0 aliphatic rings. The van der Waals surface area contributed by atoms with Gasteiger partial charge >= 0.3 is 5.97 Å². The molecule has 3 N–H and O–H groups in total. The van der Waals surface area contributed by atoms with Crippen LogP contribution in [0.2, 0.25) is 0 Å². The molecule has 1 aromatic rings. The molecule has 0 amide bonds. The van der Waals surface area contributed by atoms with E-state index in [1.54, 1.807) is 0 Å². The topological polar surface area (TPSA) is 85.4 Å². The zero-order chi connectivity index (χ0) is 12.8. The summed E-state index contributed by atoms with van der Waals surface area (Å²) < 4.78 is 5.38. The summed E-state index contributed by atoms with van der Waals surface area (Å²) in [7, 11) is 0. The number of ether oxygens (including phenoxy) is 1. The Morgan fingerprint density at radius 3 is 2.88 bits per heavy atom. The van der Waals surface area contributed by atoms with Gasteiger partial charge in [0.1, 0.15) is 5.69 Å². The highest BCUT2D eigenvalue weighted by molar-refractivity contribution is 5.94. The van der Waals surface area contributed by atoms with E-state index >= 15 is 0 Å². The fraction of sp³-hybridized carbons (Fsp3) is 0.500. The van der Waals surface area contributed by atoms with Crippen molar-refractivity contribution >= 4 is 11.7 Å². The van der Waals surface area contributed by atoms with E-state index in [0.29, 0.717) is 12.5 Å². The van der Waals surface area contributed by atoms with Crippen LogP contribution in [0.4, 0.5) is 5.69 Å². The molecule has 0 saturated heterocycles. The number of nitrogens with two attached hydrogens (primary N) is 1. The van der Waals surface area contributed by atoms with Gasteiger partial charge in [0.25, 0.3) is 0 Å². The lowest BCUT2D eigenvalue weighted by Crippen LogP contribution is -2.08. The monoisotopic (exact) mass is 238 g/mol. The summed E-state index contributed by atoms with van der Waals surface area (Å²) in [6.07, 6.45) is 3.34. The summed E-state index contributed by atoms with van der Waals surface area (Å²) in [6, 6.07) is 1.36. The first kappa shape index (κ1) is 13.3. The van der Waals surface area contributed by atoms with Crippen molar-refractivity contribution in [2.24, 2.45) is 5.92 Å². The normalized spacial score (nSPS) is 10.5. The molecule has 5 nitrogen and oxygen atoms in total. The van der Waals surface area contributed by atoms with Gasteiger partial charge in [-0.05, 0) is 24.8 Å². The van der Waals surface area contributed by atoms with Gasteiger partial charge in [0.15, 0.2) is 0 Å². The molecule has 1 heterocycles. The fourth-order valence-electron chi connectivity index (χ4n) is 1.42. The number of nitrogens with zero attached hydrogens (tertiary/aromatic N) is 1. The predicted octanol–water partition coefficient (Wildman–Crippen LogP) is 2.18. The van der Waals surface area contributed by atoms with Gasteiger partial charge in [-0.25, -0.2) is 9.78 Å². The maximum atomic E-state index is 10.8. The van der Waals surface area contributed by atoms with Gasteiger partial charge in [0.05, 0.1) is 12.2 Å². The number of nitrogen functional groups attached to an aromatic ring is 1. The molecule has 0 aliphatic carbocycles. The Hall–Kier alpha value is -1.78. The van der Waals surface area contributed by atoms with Crippen molar-refractivity contribution in [3.63, 3.8) is 0 Å². The molecular weight excluding hydrogens is 220 g/mol. The van der Waals surface area contributed by atoms with E-state index in [4.69, 9.17) is 15.6 Å². The number of pyridine rings is 1. The van der Waals surface area contributed by atoms with E-state index in [0.717, 1.165) is 12.8 Å². The Morgan fingerprint density at radius 2 is 2.29 bits per heavy atom. The van der Waals surface area contributed by atoms with Crippen LogP contribution < -0.4 is 10.5 Å². The fourth-order valence-corrected chi connectivity index (χ4v) is 1.42. The Morgan fingerprint density at radius 1 is 1.59 bits per heavy atom. The van der Waals surface area contributed by atoms with E-state index in [1.807, 2.05) is 0 Å². The smallest absolute Gasteiger partial charge is 0.338 e. The molecule has 0 saturated carbocycles. The zero-order valence-electron chi connectivity index (χ0n) is 10.1. The van der Waals surface area contributed by atoms with Crippen molar-refractivity contribution < 1.29 is 14.6 Å². The molecule has 0 bridgehead atoms. The van der Waals surface area contributed by atoms with Crippen LogP contribution in [0.15, 0.2) is 12.3 Å². The van der Waals surface area contributed by atoms with Crippen LogP contribution in [0, 0.1) is 5.92 Å². The van der Waals surface area contributed by atoms with Gasteiger partial charge in [-0.2, -0.15) is 0 Å². The van der Waals surface area contributed by atoms with E-state index in [1.165, 1.54) is 12.3 Å². The van der Waals surface area contributed by atoms with Crippen LogP contribution in [0.3, 0.4) is 0 Å². The number of carbonyl (C=O) groups is 1. The SMILES string of the molecule is CC(C)CCCOc1nccc(C(=O)O)c1N. The summed E-state index contributed by atoms with van der Waals surface area (Å²) in [5, 5.41) is 8.87. The summed E-state index contributed by atoms with van der Waals surface area (Å²) >= 11 is 0. The van der Waals surface area contributed by atoms with Gasteiger partial charge in [-0.3, -0.25) is 0 Å². The van der Waals surface area contributed by atoms with Crippen LogP contribution in [0.5, 0.6) is 5.88 Å². The van der Waals surface area contributed by atoms with Crippen LogP contribution in [0.25, 0.3) is 0 Å². The maximum absolute atomic E-state index is 10.8. The number of aromatic carboxylic acids is 1. The molecule has 1 rings (SSSR count). The molecule has 0 spiro atoms. The second-order valence-corrected chi connectivity index (χ2v) is 4.27. The number of aromatic nitrogens is 1. The van der Waals surface area contributed by atoms with Gasteiger partial charge < -0.3 is 15.6 Å². The van der Waals surface area contributed by atoms with Gasteiger partial charge in [0.2, 0.25) is 5.88 Å². The third kappa shape index (κ3) is 3.94. The van der Waals surface area contributed by atoms with E-state index in [-0.39, 0.29) is 17.1 Å². The highest BCUT2D eigenvalue weighted by Crippen LogP contribution is 2.22. The lowest BCUT2D eigenvalue weighted by atomic mass is 10.1. The first-order valence-corrected chi connectivity index (χ1v) is 5.63. The lowest BCUT2D eigenvalue weighted by molar-refractivity contribution is 0.0697. The molecule has 0 unspecified atom stereocenters. The number of hydrogen-bond donors (Lipinski definition) is 2. The van der Waals surface area contributed by atoms with Crippen LogP contribution in [-0.4, -0.2) is 22.7 Å². The Balaban J connectivity index is 2.59. The van der Waals surface area contributed by atoms with Gasteiger partial charge in [-0.15, -0.1) is 0 Å². The number of carboxylic acids is 1. The molecule has 94 valence electrons. The summed E-state index contributed by atoms with van der Waals surface area (Å²) in [5.74, 6) is -0.250. The van der Waals surface area contributed by atoms with Gasteiger partial charge in [-0.1, -0.05) is 13.8 Å². The zero-order valence-corrected chi connectivity index (χ0v) is 10.1. The first-order valence-electron chi connectivity index (χ1n) is 5.63. The number of rotatable bonds is 6. The highest BCUT2D eigenvalue weighted by Gasteiger charge is 2.12. The minimum Gasteiger partial charge on any atom is -0.478 e. The molecule has 0 fully saturated rings. The third-order valence-electron chi connectivity index (χ3n) is 2.35. The second-order valence-electron chi connectivity index (χ2n) is 4.27. The number of hydrogen-bond acceptors (Lipinski definition) is 4. The van der Waals surface area contributed by atoms with E-state index in [2.05, 4.69) is 18.8 Å². The minimum absolute atomic E-state index is 0.0267. The number of anilines is 1. The number of carboxylic acid groups (broad SMARTS) is 1. The van der Waals surface area contributed by atoms with Gasteiger partial charge in [0, 0.05) is 6.20 Å². The van der Waals surface area contributed by atoms with E-state index in [9.17, 15) is 4.79 Å². The highest BCUT2D eigenvalue weighted by atomic mass is 16.5. The Bertz CT molecular complexity index is 391. The van der Waals surface area contributed by atoms with Crippen molar-refractivity contribution in [2.75, 3.05) is 12.3 Å². The maximum Gasteiger partial charge on any atom is 0.338 e. The average Bonchev–Trinajstić information content (AvgIpc) is 2.25. The average molecular weight is 238 g/mol. The molecule has 0 aliphatic heterocycles. The second kappa shape index (κ2) is 6.08. The standard InChI is InChI=1S/C12H18N2O3/c1-8(2)4-3-7-17-11-10(13)9(12(15)16)5-6-14-11/h5-6,8H,3-4,7,13H2,1-2H3,(H,15,16). The van der Waals surface area contributed by atoms with E-state index < -0.39 is 5.97 Å². The van der Waals surface area contributed by atoms with Crippen molar-refractivity contribution in [1.29, 1.82) is 0 Å². The predicted molar refractivity (Wildman–Crippen MR) is 65.2 cm³/mol. The molecule has 0 atom stereocenters. The molecule has 0 radical (unpaired) electrons. The quantitative estimate of drug-likeness (QED) is 0.742. The molecular formula is C12H18N2O3. The van der Waals surface area contributed by atoms with Crippen molar-refractivity contribution in [1.82, 2.24) is 4.98 Å². The Kier molecular flexibility index (Phi) is 4.75. The van der Waals surface area contributed by atoms with Crippen molar-refractivity contribution in [3.05, 3.63) is 17.8 Å². The van der Waals surface area contributed by atoms with Crippen LogP contribution >= 0.6 is 0 Å². The van der Waals surface area contributed by atoms with Crippen LogP contribution in [0.1, 0.15) is 37.0 Å². The lowest BCUT2D eigenvalue weighted by Gasteiger charge is -2.09. The molecule has 17 heavy (non-hydrogen) atoms. The third-order valence-corrected chi connectivity index (χ3v) is 2.35. The van der Waals surface area contributed by atoms with Crippen LogP contribution in [-0.2, 0) is 0 Å². The summed E-state index contributed by atoms with van der Waals surface area (Å²) in [6.45, 7) is 4.77. The molecule has 1 aromatic heterocycles. The molecule has 0 aromatic carbocycles. The summed E-state index contributed by atoms with van der Waals surface area (Å²) in [5.41, 5.74) is 5.77.